The van der Waals surface area contributed by atoms with Crippen molar-refractivity contribution >= 4 is 34.7 Å². The molecule has 0 amide bonds. The van der Waals surface area contributed by atoms with Crippen molar-refractivity contribution in [1.82, 2.24) is 20.4 Å². The number of hydrogen-bond donors (Lipinski definition) is 1. The van der Waals surface area contributed by atoms with Gasteiger partial charge in [-0.2, -0.15) is 4.98 Å². The number of rotatable bonds is 6. The Balaban J connectivity index is 1.59. The Kier molecular flexibility index (Phi) is 6.21. The SMILES string of the molecule is CSc1ccc(C2NC(=S)N(Cc3ccco3)C(C)=C2c2nc(-c3cccc(F)c3)no2)cc1. The largest absolute Gasteiger partial charge is 0.467 e. The fraction of sp³-hybridized carbons (Fsp3) is 0.160. The molecule has 1 unspecified atom stereocenters. The number of allylic oxidation sites excluding steroid dienone is 1. The predicted molar refractivity (Wildman–Crippen MR) is 133 cm³/mol. The summed E-state index contributed by atoms with van der Waals surface area (Å²) in [5, 5.41) is 8.13. The van der Waals surface area contributed by atoms with Gasteiger partial charge in [0, 0.05) is 16.2 Å². The Morgan fingerprint density at radius 2 is 1.97 bits per heavy atom. The number of nitrogens with zero attached hydrogens (tertiary/aromatic N) is 3. The summed E-state index contributed by atoms with van der Waals surface area (Å²) >= 11 is 7.41. The summed E-state index contributed by atoms with van der Waals surface area (Å²) in [5.41, 5.74) is 3.22. The van der Waals surface area contributed by atoms with Crippen LogP contribution in [0.25, 0.3) is 17.0 Å². The lowest BCUT2D eigenvalue weighted by Crippen LogP contribution is -2.45. The van der Waals surface area contributed by atoms with Crippen LogP contribution in [0.15, 0.2) is 86.5 Å². The zero-order valence-electron chi connectivity index (χ0n) is 18.5. The molecule has 6 nitrogen and oxygen atoms in total. The quantitative estimate of drug-likeness (QED) is 0.258. The second kappa shape index (κ2) is 9.44. The number of thiocarbonyl (C=S) groups is 1. The minimum absolute atomic E-state index is 0.294. The highest BCUT2D eigenvalue weighted by Gasteiger charge is 2.34. The normalized spacial score (nSPS) is 16.1. The number of thioether (sulfide) groups is 1. The van der Waals surface area contributed by atoms with Gasteiger partial charge < -0.3 is 19.2 Å². The van der Waals surface area contributed by atoms with E-state index in [-0.39, 0.29) is 11.9 Å². The van der Waals surface area contributed by atoms with Crippen molar-refractivity contribution in [3.63, 3.8) is 0 Å². The van der Waals surface area contributed by atoms with Crippen molar-refractivity contribution in [2.45, 2.75) is 24.4 Å². The Bertz CT molecular complexity index is 1350. The van der Waals surface area contributed by atoms with Crippen LogP contribution in [0.5, 0.6) is 0 Å². The molecule has 9 heteroatoms. The summed E-state index contributed by atoms with van der Waals surface area (Å²) in [5.74, 6) is 1.07. The third-order valence-electron chi connectivity index (χ3n) is 5.68. The first-order valence-electron chi connectivity index (χ1n) is 10.6. The molecule has 2 aromatic heterocycles. The topological polar surface area (TPSA) is 67.3 Å². The highest BCUT2D eigenvalue weighted by atomic mass is 32.2. The number of hydrogen-bond acceptors (Lipinski definition) is 6. The van der Waals surface area contributed by atoms with E-state index in [1.165, 1.54) is 12.1 Å². The summed E-state index contributed by atoms with van der Waals surface area (Å²) in [6, 6.07) is 17.8. The highest BCUT2D eigenvalue weighted by molar-refractivity contribution is 7.98. The summed E-state index contributed by atoms with van der Waals surface area (Å²) in [7, 11) is 0. The molecule has 1 aliphatic rings. The molecule has 3 heterocycles. The van der Waals surface area contributed by atoms with Gasteiger partial charge in [0.2, 0.25) is 5.82 Å². The number of nitrogens with one attached hydrogen (secondary N) is 1. The number of furan rings is 1. The van der Waals surface area contributed by atoms with E-state index in [4.69, 9.17) is 21.2 Å². The van der Waals surface area contributed by atoms with E-state index in [1.54, 1.807) is 30.2 Å². The van der Waals surface area contributed by atoms with Crippen molar-refractivity contribution in [2.24, 2.45) is 0 Å². The molecule has 2 aromatic carbocycles. The van der Waals surface area contributed by atoms with E-state index in [9.17, 15) is 4.39 Å². The second-order valence-electron chi connectivity index (χ2n) is 7.75. The smallest absolute Gasteiger partial charge is 0.258 e. The van der Waals surface area contributed by atoms with Gasteiger partial charge in [-0.25, -0.2) is 4.39 Å². The lowest BCUT2D eigenvalue weighted by molar-refractivity contribution is 0.382. The van der Waals surface area contributed by atoms with Gasteiger partial charge in [0.05, 0.1) is 24.4 Å². The fourth-order valence-electron chi connectivity index (χ4n) is 3.93. The van der Waals surface area contributed by atoms with Gasteiger partial charge in [0.1, 0.15) is 11.6 Å². The molecule has 0 bridgehead atoms. The van der Waals surface area contributed by atoms with Crippen LogP contribution < -0.4 is 5.32 Å². The maximum absolute atomic E-state index is 13.8. The van der Waals surface area contributed by atoms with Crippen LogP contribution in [0.1, 0.15) is 30.2 Å². The monoisotopic (exact) mass is 492 g/mol. The Hall–Kier alpha value is -3.43. The number of aromatic nitrogens is 2. The van der Waals surface area contributed by atoms with E-state index in [2.05, 4.69) is 39.7 Å². The summed E-state index contributed by atoms with van der Waals surface area (Å²) in [6.07, 6.45) is 3.67. The van der Waals surface area contributed by atoms with Crippen LogP contribution in [0.2, 0.25) is 0 Å². The predicted octanol–water partition coefficient (Wildman–Crippen LogP) is 6.05. The zero-order chi connectivity index (χ0) is 23.7. The molecule has 0 saturated carbocycles. The molecule has 0 saturated heterocycles. The molecule has 0 aliphatic carbocycles. The summed E-state index contributed by atoms with van der Waals surface area (Å²) < 4.78 is 25.0. The first-order chi connectivity index (χ1) is 16.5. The number of halogens is 1. The zero-order valence-corrected chi connectivity index (χ0v) is 20.1. The van der Waals surface area contributed by atoms with Gasteiger partial charge in [-0.1, -0.05) is 29.4 Å². The molecule has 4 aromatic rings. The van der Waals surface area contributed by atoms with Crippen LogP contribution in [0.4, 0.5) is 4.39 Å². The van der Waals surface area contributed by atoms with E-state index in [1.807, 2.05) is 30.2 Å². The van der Waals surface area contributed by atoms with Crippen molar-refractivity contribution in [1.29, 1.82) is 0 Å². The number of benzene rings is 2. The van der Waals surface area contributed by atoms with Gasteiger partial charge in [0.25, 0.3) is 5.89 Å². The molecular weight excluding hydrogens is 471 g/mol. The molecule has 1 N–H and O–H groups in total. The Morgan fingerprint density at radius 3 is 2.68 bits per heavy atom. The van der Waals surface area contributed by atoms with Gasteiger partial charge in [-0.15, -0.1) is 11.8 Å². The average molecular weight is 493 g/mol. The first kappa shape index (κ1) is 22.4. The maximum Gasteiger partial charge on any atom is 0.258 e. The van der Waals surface area contributed by atoms with E-state index in [0.717, 1.165) is 27.5 Å². The Morgan fingerprint density at radius 1 is 1.15 bits per heavy atom. The first-order valence-corrected chi connectivity index (χ1v) is 12.2. The molecule has 0 spiro atoms. The maximum atomic E-state index is 13.8. The third kappa shape index (κ3) is 4.36. The molecule has 172 valence electrons. The van der Waals surface area contributed by atoms with Gasteiger partial charge >= 0.3 is 0 Å². The molecule has 0 fully saturated rings. The van der Waals surface area contributed by atoms with Crippen LogP contribution in [0, 0.1) is 5.82 Å². The van der Waals surface area contributed by atoms with Crippen molar-refractivity contribution in [3.8, 4) is 11.4 Å². The standard InChI is InChI=1S/C25H21FN4O2S2/c1-15-21(24-28-23(29-32-24)17-5-3-6-18(26)13-17)22(16-8-10-20(34-2)11-9-16)27-25(33)30(15)14-19-7-4-12-31-19/h3-13,22H,14H2,1-2H3,(H,27,33). The average Bonchev–Trinajstić information content (AvgIpc) is 3.54. The van der Waals surface area contributed by atoms with Gasteiger partial charge in [-0.05, 0) is 67.4 Å². The molecule has 1 aliphatic heterocycles. The fourth-order valence-corrected chi connectivity index (χ4v) is 4.66. The second-order valence-corrected chi connectivity index (χ2v) is 9.02. The minimum Gasteiger partial charge on any atom is -0.467 e. The van der Waals surface area contributed by atoms with E-state index in [0.29, 0.717) is 28.9 Å². The molecule has 5 rings (SSSR count). The lowest BCUT2D eigenvalue weighted by atomic mass is 9.95. The van der Waals surface area contributed by atoms with Crippen molar-refractivity contribution in [2.75, 3.05) is 6.26 Å². The molecular formula is C25H21FN4O2S2. The van der Waals surface area contributed by atoms with E-state index < -0.39 is 0 Å². The van der Waals surface area contributed by atoms with Crippen LogP contribution in [0.3, 0.4) is 0 Å². The van der Waals surface area contributed by atoms with Crippen LogP contribution in [-0.4, -0.2) is 26.4 Å². The van der Waals surface area contributed by atoms with E-state index >= 15 is 0 Å². The lowest BCUT2D eigenvalue weighted by Gasteiger charge is -2.37. The van der Waals surface area contributed by atoms with Gasteiger partial charge in [-0.3, -0.25) is 0 Å². The molecule has 0 radical (unpaired) electrons. The van der Waals surface area contributed by atoms with Crippen LogP contribution >= 0.6 is 24.0 Å². The highest BCUT2D eigenvalue weighted by Crippen LogP contribution is 2.38. The minimum atomic E-state index is -0.361. The van der Waals surface area contributed by atoms with Gasteiger partial charge in [0.15, 0.2) is 5.11 Å². The van der Waals surface area contributed by atoms with Crippen LogP contribution in [-0.2, 0) is 6.54 Å². The van der Waals surface area contributed by atoms with Crippen molar-refractivity contribution in [3.05, 3.63) is 95.7 Å². The summed E-state index contributed by atoms with van der Waals surface area (Å²) in [6.45, 7) is 2.43. The molecule has 1 atom stereocenters. The molecule has 34 heavy (non-hydrogen) atoms. The van der Waals surface area contributed by atoms with Crippen molar-refractivity contribution < 1.29 is 13.3 Å². The Labute approximate surface area is 205 Å². The summed E-state index contributed by atoms with van der Waals surface area (Å²) in [4.78, 5) is 7.73. The third-order valence-corrected chi connectivity index (χ3v) is 6.76.